The van der Waals surface area contributed by atoms with Crippen molar-refractivity contribution in [3.05, 3.63) is 70.2 Å². The third-order valence-electron chi connectivity index (χ3n) is 4.42. The van der Waals surface area contributed by atoms with Crippen molar-refractivity contribution in [2.24, 2.45) is 0 Å². The van der Waals surface area contributed by atoms with Gasteiger partial charge in [-0.2, -0.15) is 0 Å². The molecule has 0 aliphatic carbocycles. The molecule has 5 heteroatoms. The van der Waals surface area contributed by atoms with Gasteiger partial charge in [0.1, 0.15) is 0 Å². The Kier molecular flexibility index (Phi) is 5.51. The summed E-state index contributed by atoms with van der Waals surface area (Å²) in [6, 6.07) is 15.2. The fourth-order valence-electron chi connectivity index (χ4n) is 2.98. The molecule has 0 aromatic heterocycles. The number of hydrogen-bond acceptors (Lipinski definition) is 3. The van der Waals surface area contributed by atoms with Gasteiger partial charge in [0, 0.05) is 44.3 Å². The van der Waals surface area contributed by atoms with E-state index in [4.69, 9.17) is 16.7 Å². The maximum atomic E-state index is 10.9. The van der Waals surface area contributed by atoms with Crippen LogP contribution in [0.3, 0.4) is 0 Å². The normalized spacial score (nSPS) is 16.2. The first kappa shape index (κ1) is 17.0. The Morgan fingerprint density at radius 3 is 2.08 bits per heavy atom. The summed E-state index contributed by atoms with van der Waals surface area (Å²) in [6.45, 7) is 5.79. The molecular formula is C19H21ClN2O2. The molecule has 1 fully saturated rings. The summed E-state index contributed by atoms with van der Waals surface area (Å²) >= 11 is 6.24. The van der Waals surface area contributed by atoms with Gasteiger partial charge in [-0.05, 0) is 29.3 Å². The number of nitrogens with zero attached hydrogens (tertiary/aromatic N) is 2. The van der Waals surface area contributed by atoms with Crippen LogP contribution in [-0.2, 0) is 13.1 Å². The number of rotatable bonds is 5. The summed E-state index contributed by atoms with van der Waals surface area (Å²) in [6.07, 6.45) is 0. The van der Waals surface area contributed by atoms with Gasteiger partial charge in [-0.3, -0.25) is 9.80 Å². The monoisotopic (exact) mass is 344 g/mol. The maximum Gasteiger partial charge on any atom is 0.335 e. The van der Waals surface area contributed by atoms with Gasteiger partial charge in [0.15, 0.2) is 0 Å². The van der Waals surface area contributed by atoms with Gasteiger partial charge < -0.3 is 5.11 Å². The molecule has 1 heterocycles. The van der Waals surface area contributed by atoms with Crippen LogP contribution < -0.4 is 0 Å². The third kappa shape index (κ3) is 4.35. The summed E-state index contributed by atoms with van der Waals surface area (Å²) in [7, 11) is 0. The van der Waals surface area contributed by atoms with E-state index in [9.17, 15) is 4.79 Å². The lowest BCUT2D eigenvalue weighted by molar-refractivity contribution is 0.0697. The molecule has 0 radical (unpaired) electrons. The van der Waals surface area contributed by atoms with Crippen molar-refractivity contribution >= 4 is 17.6 Å². The van der Waals surface area contributed by atoms with Crippen molar-refractivity contribution in [3.63, 3.8) is 0 Å². The number of hydrogen-bond donors (Lipinski definition) is 1. The summed E-state index contributed by atoms with van der Waals surface area (Å²) < 4.78 is 0. The van der Waals surface area contributed by atoms with Gasteiger partial charge in [0.25, 0.3) is 0 Å². The molecule has 0 amide bonds. The number of benzene rings is 2. The number of piperazine rings is 1. The molecule has 1 saturated heterocycles. The largest absolute Gasteiger partial charge is 0.478 e. The second kappa shape index (κ2) is 7.79. The fraction of sp³-hybridized carbons (Fsp3) is 0.316. The molecule has 4 nitrogen and oxygen atoms in total. The van der Waals surface area contributed by atoms with Gasteiger partial charge in [0.2, 0.25) is 0 Å². The standard InChI is InChI=1S/C19H21ClN2O2/c20-18-4-2-1-3-17(18)14-22-11-9-21(10-12-22)13-15-5-7-16(8-6-15)19(23)24/h1-8H,9-14H2,(H,23,24). The van der Waals surface area contributed by atoms with Crippen LogP contribution in [0, 0.1) is 0 Å². The lowest BCUT2D eigenvalue weighted by Crippen LogP contribution is -2.45. The van der Waals surface area contributed by atoms with Crippen LogP contribution in [0.15, 0.2) is 48.5 Å². The van der Waals surface area contributed by atoms with E-state index in [1.807, 2.05) is 30.3 Å². The van der Waals surface area contributed by atoms with Gasteiger partial charge in [0.05, 0.1) is 5.56 Å². The van der Waals surface area contributed by atoms with Crippen molar-refractivity contribution in [2.75, 3.05) is 26.2 Å². The highest BCUT2D eigenvalue weighted by atomic mass is 35.5. The smallest absolute Gasteiger partial charge is 0.335 e. The number of aromatic carboxylic acids is 1. The number of halogens is 1. The van der Waals surface area contributed by atoms with Crippen molar-refractivity contribution in [1.82, 2.24) is 9.80 Å². The molecule has 0 bridgehead atoms. The lowest BCUT2D eigenvalue weighted by atomic mass is 10.1. The average molecular weight is 345 g/mol. The minimum atomic E-state index is -0.880. The van der Waals surface area contributed by atoms with Crippen LogP contribution in [0.2, 0.25) is 5.02 Å². The Morgan fingerprint density at radius 1 is 0.917 bits per heavy atom. The molecule has 1 N–H and O–H groups in total. The third-order valence-corrected chi connectivity index (χ3v) is 4.79. The Labute approximate surface area is 147 Å². The fourth-order valence-corrected chi connectivity index (χ4v) is 3.18. The summed E-state index contributed by atoms with van der Waals surface area (Å²) in [5.74, 6) is -0.880. The summed E-state index contributed by atoms with van der Waals surface area (Å²) in [4.78, 5) is 15.7. The minimum Gasteiger partial charge on any atom is -0.478 e. The minimum absolute atomic E-state index is 0.336. The van der Waals surface area contributed by atoms with E-state index in [0.29, 0.717) is 5.56 Å². The molecule has 3 rings (SSSR count). The van der Waals surface area contributed by atoms with Crippen molar-refractivity contribution in [2.45, 2.75) is 13.1 Å². The molecular weight excluding hydrogens is 324 g/mol. The first-order valence-corrected chi connectivity index (χ1v) is 8.50. The van der Waals surface area contributed by atoms with E-state index in [2.05, 4.69) is 15.9 Å². The van der Waals surface area contributed by atoms with E-state index >= 15 is 0 Å². The van der Waals surface area contributed by atoms with Crippen LogP contribution in [0.5, 0.6) is 0 Å². The number of carboxylic acid groups (broad SMARTS) is 1. The zero-order chi connectivity index (χ0) is 16.9. The van der Waals surface area contributed by atoms with Crippen molar-refractivity contribution < 1.29 is 9.90 Å². The van der Waals surface area contributed by atoms with Crippen LogP contribution in [0.25, 0.3) is 0 Å². The van der Waals surface area contributed by atoms with Crippen molar-refractivity contribution in [1.29, 1.82) is 0 Å². The summed E-state index contributed by atoms with van der Waals surface area (Å²) in [5, 5.41) is 9.77. The van der Waals surface area contributed by atoms with E-state index in [-0.39, 0.29) is 0 Å². The van der Waals surface area contributed by atoms with Crippen LogP contribution >= 0.6 is 11.6 Å². The highest BCUT2D eigenvalue weighted by molar-refractivity contribution is 6.31. The summed E-state index contributed by atoms with van der Waals surface area (Å²) in [5.41, 5.74) is 2.67. The zero-order valence-corrected chi connectivity index (χ0v) is 14.2. The zero-order valence-electron chi connectivity index (χ0n) is 13.5. The molecule has 0 unspecified atom stereocenters. The Bertz CT molecular complexity index is 695. The Balaban J connectivity index is 1.50. The topological polar surface area (TPSA) is 43.8 Å². The molecule has 126 valence electrons. The molecule has 2 aromatic rings. The van der Waals surface area contributed by atoms with Crippen LogP contribution in [0.1, 0.15) is 21.5 Å². The number of carbonyl (C=O) groups is 1. The van der Waals surface area contributed by atoms with E-state index < -0.39 is 5.97 Å². The number of carboxylic acids is 1. The van der Waals surface area contributed by atoms with Crippen LogP contribution in [0.4, 0.5) is 0 Å². The highest BCUT2D eigenvalue weighted by Gasteiger charge is 2.17. The SMILES string of the molecule is O=C(O)c1ccc(CN2CCN(Cc3ccccc3Cl)CC2)cc1. The van der Waals surface area contributed by atoms with Gasteiger partial charge >= 0.3 is 5.97 Å². The molecule has 1 aliphatic heterocycles. The molecule has 0 atom stereocenters. The quantitative estimate of drug-likeness (QED) is 0.903. The lowest BCUT2D eigenvalue weighted by Gasteiger charge is -2.34. The first-order valence-electron chi connectivity index (χ1n) is 8.12. The van der Waals surface area contributed by atoms with E-state index in [1.165, 1.54) is 5.56 Å². The second-order valence-corrected chi connectivity index (χ2v) is 6.55. The van der Waals surface area contributed by atoms with Gasteiger partial charge in [-0.15, -0.1) is 0 Å². The van der Waals surface area contributed by atoms with Crippen LogP contribution in [-0.4, -0.2) is 47.1 Å². The first-order chi connectivity index (χ1) is 11.6. The average Bonchev–Trinajstić information content (AvgIpc) is 2.59. The molecule has 2 aromatic carbocycles. The van der Waals surface area contributed by atoms with Gasteiger partial charge in [-0.1, -0.05) is 41.9 Å². The predicted molar refractivity (Wildman–Crippen MR) is 95.4 cm³/mol. The molecule has 24 heavy (non-hydrogen) atoms. The second-order valence-electron chi connectivity index (χ2n) is 6.15. The maximum absolute atomic E-state index is 10.9. The Morgan fingerprint density at radius 2 is 1.50 bits per heavy atom. The van der Waals surface area contributed by atoms with E-state index in [0.717, 1.165) is 49.9 Å². The van der Waals surface area contributed by atoms with Crippen molar-refractivity contribution in [3.8, 4) is 0 Å². The molecule has 0 saturated carbocycles. The molecule has 0 spiro atoms. The van der Waals surface area contributed by atoms with Gasteiger partial charge in [-0.25, -0.2) is 4.79 Å². The molecule has 1 aliphatic rings. The predicted octanol–water partition coefficient (Wildman–Crippen LogP) is 3.36. The van der Waals surface area contributed by atoms with E-state index in [1.54, 1.807) is 12.1 Å². The Hall–Kier alpha value is -1.88. The highest BCUT2D eigenvalue weighted by Crippen LogP contribution is 2.18.